The third kappa shape index (κ3) is 2.28. The fraction of sp³-hybridized carbons (Fsp3) is 0.125. The summed E-state index contributed by atoms with van der Waals surface area (Å²) in [6.45, 7) is 0.463. The van der Waals surface area contributed by atoms with Crippen molar-refractivity contribution in [2.24, 2.45) is 5.73 Å². The number of hydrogen-bond donors (Lipinski definition) is 1. The minimum atomic E-state index is 0.463. The predicted molar refractivity (Wildman–Crippen MR) is 56.2 cm³/mol. The van der Waals surface area contributed by atoms with Crippen molar-refractivity contribution in [1.29, 1.82) is 0 Å². The van der Waals surface area contributed by atoms with Gasteiger partial charge in [0.15, 0.2) is 4.34 Å². The quantitative estimate of drug-likeness (QED) is 0.856. The summed E-state index contributed by atoms with van der Waals surface area (Å²) in [6.07, 6.45) is 3.31. The second-order valence-electron chi connectivity index (χ2n) is 2.50. The molecular formula is C8H8N4S2. The van der Waals surface area contributed by atoms with E-state index in [2.05, 4.69) is 14.3 Å². The SMILES string of the molecule is NCc1cc(Sc2ncns2)ccn1. The molecule has 72 valence electrons. The van der Waals surface area contributed by atoms with E-state index in [1.54, 1.807) is 24.3 Å². The van der Waals surface area contributed by atoms with Gasteiger partial charge in [-0.2, -0.15) is 4.37 Å². The second-order valence-corrected chi connectivity index (χ2v) is 4.60. The van der Waals surface area contributed by atoms with E-state index >= 15 is 0 Å². The molecule has 2 aromatic heterocycles. The van der Waals surface area contributed by atoms with Gasteiger partial charge in [-0.3, -0.25) is 4.98 Å². The van der Waals surface area contributed by atoms with Gasteiger partial charge >= 0.3 is 0 Å². The first-order chi connectivity index (χ1) is 6.88. The van der Waals surface area contributed by atoms with Gasteiger partial charge in [-0.05, 0) is 23.7 Å². The molecule has 0 spiro atoms. The van der Waals surface area contributed by atoms with Gasteiger partial charge in [0.2, 0.25) is 0 Å². The van der Waals surface area contributed by atoms with Crippen molar-refractivity contribution in [2.45, 2.75) is 15.8 Å². The van der Waals surface area contributed by atoms with Crippen LogP contribution in [0.2, 0.25) is 0 Å². The molecule has 0 saturated heterocycles. The summed E-state index contributed by atoms with van der Waals surface area (Å²) >= 11 is 2.95. The molecule has 0 saturated carbocycles. The zero-order chi connectivity index (χ0) is 9.80. The topological polar surface area (TPSA) is 64.7 Å². The number of pyridine rings is 1. The molecule has 0 aromatic carbocycles. The molecule has 2 aromatic rings. The lowest BCUT2D eigenvalue weighted by molar-refractivity contribution is 0.976. The average molecular weight is 224 g/mol. The minimum absolute atomic E-state index is 0.463. The van der Waals surface area contributed by atoms with Crippen molar-refractivity contribution in [3.8, 4) is 0 Å². The lowest BCUT2D eigenvalue weighted by Gasteiger charge is -1.99. The molecule has 6 heteroatoms. The molecule has 0 unspecified atom stereocenters. The Labute approximate surface area is 89.8 Å². The first-order valence-corrected chi connectivity index (χ1v) is 5.57. The van der Waals surface area contributed by atoms with Gasteiger partial charge in [0, 0.05) is 17.6 Å². The summed E-state index contributed by atoms with van der Waals surface area (Å²) in [4.78, 5) is 9.30. The zero-order valence-corrected chi connectivity index (χ0v) is 8.88. The lowest BCUT2D eigenvalue weighted by atomic mass is 10.3. The van der Waals surface area contributed by atoms with Crippen LogP contribution in [-0.4, -0.2) is 14.3 Å². The maximum atomic E-state index is 5.49. The lowest BCUT2D eigenvalue weighted by Crippen LogP contribution is -1.98. The highest BCUT2D eigenvalue weighted by molar-refractivity contribution is 8.01. The molecule has 0 radical (unpaired) electrons. The van der Waals surface area contributed by atoms with Crippen molar-refractivity contribution >= 4 is 23.3 Å². The fourth-order valence-corrected chi connectivity index (χ4v) is 2.41. The summed E-state index contributed by atoms with van der Waals surface area (Å²) in [5.74, 6) is 0. The van der Waals surface area contributed by atoms with Crippen LogP contribution < -0.4 is 5.73 Å². The minimum Gasteiger partial charge on any atom is -0.325 e. The normalized spacial score (nSPS) is 10.4. The molecule has 0 aliphatic heterocycles. The number of nitrogens with two attached hydrogens (primary N) is 1. The maximum absolute atomic E-state index is 5.49. The van der Waals surface area contributed by atoms with Crippen LogP contribution in [0.1, 0.15) is 5.69 Å². The highest BCUT2D eigenvalue weighted by atomic mass is 32.2. The molecule has 14 heavy (non-hydrogen) atoms. The van der Waals surface area contributed by atoms with E-state index in [1.165, 1.54) is 11.5 Å². The highest BCUT2D eigenvalue weighted by Gasteiger charge is 2.01. The van der Waals surface area contributed by atoms with E-state index in [0.717, 1.165) is 14.9 Å². The number of aromatic nitrogens is 3. The summed E-state index contributed by atoms with van der Waals surface area (Å²) in [5, 5.41) is 0. The summed E-state index contributed by atoms with van der Waals surface area (Å²) in [6, 6.07) is 3.90. The smallest absolute Gasteiger partial charge is 0.174 e. The molecule has 0 aliphatic rings. The largest absolute Gasteiger partial charge is 0.325 e. The number of rotatable bonds is 3. The van der Waals surface area contributed by atoms with Crippen LogP contribution in [0, 0.1) is 0 Å². The third-order valence-corrected chi connectivity index (χ3v) is 3.25. The molecule has 0 fully saturated rings. The van der Waals surface area contributed by atoms with Crippen LogP contribution in [-0.2, 0) is 6.54 Å². The predicted octanol–water partition coefficient (Wildman–Crippen LogP) is 1.54. The van der Waals surface area contributed by atoms with Crippen molar-refractivity contribution in [1.82, 2.24) is 14.3 Å². The van der Waals surface area contributed by atoms with Crippen LogP contribution in [0.3, 0.4) is 0 Å². The van der Waals surface area contributed by atoms with Gasteiger partial charge in [-0.25, -0.2) is 4.98 Å². The molecule has 0 atom stereocenters. The van der Waals surface area contributed by atoms with Gasteiger partial charge in [0.25, 0.3) is 0 Å². The van der Waals surface area contributed by atoms with Crippen molar-refractivity contribution in [3.05, 3.63) is 30.4 Å². The molecule has 0 bridgehead atoms. The van der Waals surface area contributed by atoms with Crippen LogP contribution in [0.25, 0.3) is 0 Å². The fourth-order valence-electron chi connectivity index (χ4n) is 0.940. The highest BCUT2D eigenvalue weighted by Crippen LogP contribution is 2.27. The van der Waals surface area contributed by atoms with Gasteiger partial charge in [0.05, 0.1) is 5.69 Å². The summed E-state index contributed by atoms with van der Waals surface area (Å²) < 4.78 is 4.86. The molecule has 4 nitrogen and oxygen atoms in total. The number of hydrogen-bond acceptors (Lipinski definition) is 6. The Hall–Kier alpha value is -0.980. The van der Waals surface area contributed by atoms with E-state index in [9.17, 15) is 0 Å². The first-order valence-electron chi connectivity index (χ1n) is 3.98. The van der Waals surface area contributed by atoms with E-state index in [4.69, 9.17) is 5.73 Å². The zero-order valence-electron chi connectivity index (χ0n) is 7.25. The van der Waals surface area contributed by atoms with Crippen LogP contribution >= 0.6 is 23.3 Å². The van der Waals surface area contributed by atoms with Crippen molar-refractivity contribution < 1.29 is 0 Å². The Balaban J connectivity index is 2.17. The summed E-state index contributed by atoms with van der Waals surface area (Å²) in [7, 11) is 0. The Morgan fingerprint density at radius 3 is 3.07 bits per heavy atom. The standard InChI is InChI=1S/C8H8N4S2/c9-4-6-3-7(1-2-10-6)13-8-11-5-12-14-8/h1-3,5H,4,9H2. The van der Waals surface area contributed by atoms with E-state index < -0.39 is 0 Å². The van der Waals surface area contributed by atoms with Crippen LogP contribution in [0.5, 0.6) is 0 Å². The van der Waals surface area contributed by atoms with Crippen molar-refractivity contribution in [3.63, 3.8) is 0 Å². The average Bonchev–Trinajstić information content (AvgIpc) is 2.71. The molecule has 2 rings (SSSR count). The van der Waals surface area contributed by atoms with E-state index in [-0.39, 0.29) is 0 Å². The molecule has 0 aliphatic carbocycles. The first kappa shape index (κ1) is 9.57. The number of nitrogens with zero attached hydrogens (tertiary/aromatic N) is 3. The maximum Gasteiger partial charge on any atom is 0.174 e. The van der Waals surface area contributed by atoms with Crippen LogP contribution in [0.15, 0.2) is 33.9 Å². The molecule has 2 heterocycles. The molecular weight excluding hydrogens is 216 g/mol. The van der Waals surface area contributed by atoms with Gasteiger partial charge in [-0.15, -0.1) is 0 Å². The third-order valence-electron chi connectivity index (χ3n) is 1.54. The van der Waals surface area contributed by atoms with E-state index in [1.807, 2.05) is 12.1 Å². The second kappa shape index (κ2) is 4.50. The Bertz CT molecular complexity index is 401. The molecule has 2 N–H and O–H groups in total. The van der Waals surface area contributed by atoms with Gasteiger partial charge in [-0.1, -0.05) is 11.8 Å². The van der Waals surface area contributed by atoms with Crippen molar-refractivity contribution in [2.75, 3.05) is 0 Å². The van der Waals surface area contributed by atoms with Crippen LogP contribution in [0.4, 0.5) is 0 Å². The monoisotopic (exact) mass is 224 g/mol. The van der Waals surface area contributed by atoms with E-state index in [0.29, 0.717) is 6.54 Å². The van der Waals surface area contributed by atoms with Gasteiger partial charge < -0.3 is 5.73 Å². The Kier molecular flexibility index (Phi) is 3.07. The Morgan fingerprint density at radius 1 is 1.43 bits per heavy atom. The summed E-state index contributed by atoms with van der Waals surface area (Å²) in [5.41, 5.74) is 6.38. The Morgan fingerprint density at radius 2 is 2.36 bits per heavy atom. The molecule has 0 amide bonds. The van der Waals surface area contributed by atoms with Gasteiger partial charge in [0.1, 0.15) is 6.33 Å².